The van der Waals surface area contributed by atoms with Crippen molar-refractivity contribution >= 4 is 34.8 Å². The Morgan fingerprint density at radius 1 is 1.23 bits per heavy atom. The molecule has 0 spiro atoms. The number of amides is 2. The first-order chi connectivity index (χ1) is 12.4. The maximum absolute atomic E-state index is 11.8. The van der Waals surface area contributed by atoms with E-state index in [2.05, 4.69) is 10.9 Å². The minimum Gasteiger partial charge on any atom is -0.493 e. The zero-order valence-corrected chi connectivity index (χ0v) is 16.1. The summed E-state index contributed by atoms with van der Waals surface area (Å²) in [4.78, 5) is 34.9. The molecule has 1 aromatic carbocycles. The first-order valence-corrected chi connectivity index (χ1v) is 9.24. The average Bonchev–Trinajstić information content (AvgIpc) is 2.90. The van der Waals surface area contributed by atoms with Crippen LogP contribution in [0.15, 0.2) is 28.4 Å². The summed E-state index contributed by atoms with van der Waals surface area (Å²) in [6, 6.07) is 5.33. The van der Waals surface area contributed by atoms with Crippen LogP contribution in [0.2, 0.25) is 5.02 Å². The minimum absolute atomic E-state index is 0.132. The number of nitrogens with one attached hydrogen (secondary N) is 2. The third-order valence-electron chi connectivity index (χ3n) is 3.56. The van der Waals surface area contributed by atoms with Crippen LogP contribution in [0.25, 0.3) is 0 Å². The number of halogens is 1. The van der Waals surface area contributed by atoms with E-state index in [-0.39, 0.29) is 23.7 Å². The van der Waals surface area contributed by atoms with Gasteiger partial charge in [-0.25, -0.2) is 0 Å². The van der Waals surface area contributed by atoms with Gasteiger partial charge >= 0.3 is 4.87 Å². The van der Waals surface area contributed by atoms with Crippen LogP contribution in [0.1, 0.15) is 24.1 Å². The second-order valence-corrected chi connectivity index (χ2v) is 6.94. The van der Waals surface area contributed by atoms with Gasteiger partial charge in [0.1, 0.15) is 12.3 Å². The highest BCUT2D eigenvalue weighted by Crippen LogP contribution is 2.21. The van der Waals surface area contributed by atoms with Crippen LogP contribution in [0.5, 0.6) is 5.75 Å². The molecule has 0 fully saturated rings. The van der Waals surface area contributed by atoms with E-state index in [4.69, 9.17) is 16.3 Å². The SMILES string of the molecule is Cc1cc(Cl)ccc1OCCCC(=O)NNC(=O)Cn1c(C)csc1=O. The van der Waals surface area contributed by atoms with E-state index in [1.54, 1.807) is 30.5 Å². The summed E-state index contributed by atoms with van der Waals surface area (Å²) in [6.45, 7) is 3.87. The molecule has 0 aliphatic heterocycles. The molecule has 0 saturated heterocycles. The Hall–Kier alpha value is -2.32. The van der Waals surface area contributed by atoms with Gasteiger partial charge in [0.15, 0.2) is 0 Å². The highest BCUT2D eigenvalue weighted by Gasteiger charge is 2.09. The molecule has 0 radical (unpaired) electrons. The van der Waals surface area contributed by atoms with Crippen molar-refractivity contribution in [2.45, 2.75) is 33.2 Å². The molecule has 0 unspecified atom stereocenters. The van der Waals surface area contributed by atoms with Crippen LogP contribution in [0.3, 0.4) is 0 Å². The van der Waals surface area contributed by atoms with Crippen molar-refractivity contribution in [3.05, 3.63) is 49.5 Å². The molecule has 0 aliphatic carbocycles. The van der Waals surface area contributed by atoms with E-state index in [9.17, 15) is 14.4 Å². The summed E-state index contributed by atoms with van der Waals surface area (Å²) in [5.74, 6) is -0.0705. The molecule has 2 aromatic rings. The fraction of sp³-hybridized carbons (Fsp3) is 0.353. The summed E-state index contributed by atoms with van der Waals surface area (Å²) in [6.07, 6.45) is 0.692. The number of hydrazine groups is 1. The fourth-order valence-electron chi connectivity index (χ4n) is 2.17. The van der Waals surface area contributed by atoms with Gasteiger partial charge in [-0.1, -0.05) is 22.9 Å². The summed E-state index contributed by atoms with van der Waals surface area (Å²) in [5, 5.41) is 2.32. The molecule has 2 N–H and O–H groups in total. The minimum atomic E-state index is -0.463. The molecule has 2 amide bonds. The summed E-state index contributed by atoms with van der Waals surface area (Å²) in [7, 11) is 0. The van der Waals surface area contributed by atoms with Gasteiger partial charge in [-0.15, -0.1) is 0 Å². The standard InChI is InChI=1S/C17H20ClN3O4S/c1-11-8-13(18)5-6-14(11)25-7-3-4-15(22)19-20-16(23)9-21-12(2)10-26-17(21)24/h5-6,8,10H,3-4,7,9H2,1-2H3,(H,19,22)(H,20,23). The zero-order chi connectivity index (χ0) is 19.1. The lowest BCUT2D eigenvalue weighted by Gasteiger charge is -2.10. The normalized spacial score (nSPS) is 10.4. The Balaban J connectivity index is 1.66. The van der Waals surface area contributed by atoms with E-state index in [1.807, 2.05) is 6.92 Å². The van der Waals surface area contributed by atoms with E-state index < -0.39 is 5.91 Å². The molecule has 9 heteroatoms. The number of ether oxygens (including phenoxy) is 1. The van der Waals surface area contributed by atoms with Gasteiger partial charge in [0.05, 0.1) is 6.61 Å². The van der Waals surface area contributed by atoms with Gasteiger partial charge in [0, 0.05) is 22.5 Å². The molecule has 1 heterocycles. The number of aromatic nitrogens is 1. The molecular formula is C17H20ClN3O4S. The van der Waals surface area contributed by atoms with Gasteiger partial charge < -0.3 is 4.74 Å². The maximum atomic E-state index is 11.8. The predicted octanol–water partition coefficient (Wildman–Crippen LogP) is 2.19. The van der Waals surface area contributed by atoms with Gasteiger partial charge in [-0.2, -0.15) is 0 Å². The van der Waals surface area contributed by atoms with Crippen LogP contribution in [0.4, 0.5) is 0 Å². The summed E-state index contributed by atoms with van der Waals surface area (Å²) >= 11 is 6.91. The third-order valence-corrected chi connectivity index (χ3v) is 4.68. The lowest BCUT2D eigenvalue weighted by Crippen LogP contribution is -2.44. The van der Waals surface area contributed by atoms with Crippen molar-refractivity contribution in [3.8, 4) is 5.75 Å². The van der Waals surface area contributed by atoms with Crippen LogP contribution < -0.4 is 20.5 Å². The second kappa shape index (κ2) is 9.40. The largest absolute Gasteiger partial charge is 0.493 e. The molecule has 7 nitrogen and oxygen atoms in total. The second-order valence-electron chi connectivity index (χ2n) is 5.69. The van der Waals surface area contributed by atoms with Crippen LogP contribution in [-0.2, 0) is 16.1 Å². The smallest absolute Gasteiger partial charge is 0.307 e. The number of hydrogen-bond donors (Lipinski definition) is 2. The zero-order valence-electron chi connectivity index (χ0n) is 14.5. The van der Waals surface area contributed by atoms with Crippen molar-refractivity contribution < 1.29 is 14.3 Å². The fourth-order valence-corrected chi connectivity index (χ4v) is 3.13. The van der Waals surface area contributed by atoms with Gasteiger partial charge in [-0.3, -0.25) is 29.8 Å². The van der Waals surface area contributed by atoms with Crippen LogP contribution in [0, 0.1) is 13.8 Å². The number of rotatable bonds is 7. The van der Waals surface area contributed by atoms with E-state index >= 15 is 0 Å². The van der Waals surface area contributed by atoms with Crippen LogP contribution >= 0.6 is 22.9 Å². The van der Waals surface area contributed by atoms with Crippen molar-refractivity contribution in [2.24, 2.45) is 0 Å². The van der Waals surface area contributed by atoms with Gasteiger partial charge in [-0.05, 0) is 44.0 Å². The average molecular weight is 398 g/mol. The lowest BCUT2D eigenvalue weighted by molar-refractivity contribution is -0.129. The Kier molecular flexibility index (Phi) is 7.23. The number of benzene rings is 1. The van der Waals surface area contributed by atoms with E-state index in [1.165, 1.54) is 4.57 Å². The van der Waals surface area contributed by atoms with Crippen molar-refractivity contribution in [2.75, 3.05) is 6.61 Å². The molecule has 0 aliphatic rings. The Bertz CT molecular complexity index is 847. The molecular weight excluding hydrogens is 378 g/mol. The number of thiazole rings is 1. The van der Waals surface area contributed by atoms with Crippen molar-refractivity contribution in [1.82, 2.24) is 15.4 Å². The van der Waals surface area contributed by atoms with Crippen molar-refractivity contribution in [3.63, 3.8) is 0 Å². The predicted molar refractivity (Wildman–Crippen MR) is 101 cm³/mol. The highest BCUT2D eigenvalue weighted by atomic mass is 35.5. The third kappa shape index (κ3) is 5.89. The topological polar surface area (TPSA) is 89.4 Å². The van der Waals surface area contributed by atoms with E-state index in [0.717, 1.165) is 22.6 Å². The highest BCUT2D eigenvalue weighted by molar-refractivity contribution is 7.07. The number of aryl methyl sites for hydroxylation is 2. The first-order valence-electron chi connectivity index (χ1n) is 7.98. The summed E-state index contributed by atoms with van der Waals surface area (Å²) in [5.41, 5.74) is 6.26. The van der Waals surface area contributed by atoms with Crippen LogP contribution in [-0.4, -0.2) is 23.0 Å². The Labute approximate surface area is 159 Å². The first kappa shape index (κ1) is 20.0. The lowest BCUT2D eigenvalue weighted by atomic mass is 10.2. The number of nitrogens with zero attached hydrogens (tertiary/aromatic N) is 1. The molecule has 0 atom stereocenters. The molecule has 0 saturated carbocycles. The van der Waals surface area contributed by atoms with E-state index in [0.29, 0.717) is 23.7 Å². The summed E-state index contributed by atoms with van der Waals surface area (Å²) < 4.78 is 6.94. The van der Waals surface area contributed by atoms with Gasteiger partial charge in [0.25, 0.3) is 5.91 Å². The number of hydrogen-bond acceptors (Lipinski definition) is 5. The monoisotopic (exact) mass is 397 g/mol. The Morgan fingerprint density at radius 3 is 2.62 bits per heavy atom. The quantitative estimate of drug-likeness (QED) is 0.553. The molecule has 1 aromatic heterocycles. The maximum Gasteiger partial charge on any atom is 0.307 e. The van der Waals surface area contributed by atoms with Gasteiger partial charge in [0.2, 0.25) is 5.91 Å². The Morgan fingerprint density at radius 2 is 1.96 bits per heavy atom. The molecule has 2 rings (SSSR count). The number of carbonyl (C=O) groups is 2. The molecule has 140 valence electrons. The van der Waals surface area contributed by atoms with Crippen molar-refractivity contribution in [1.29, 1.82) is 0 Å². The number of carbonyl (C=O) groups excluding carboxylic acids is 2. The molecule has 0 bridgehead atoms. The molecule has 26 heavy (non-hydrogen) atoms.